The molecule has 2 aliphatic rings. The van der Waals surface area contributed by atoms with Crippen LogP contribution in [0.5, 0.6) is 0 Å². The number of urea groups is 1. The van der Waals surface area contributed by atoms with E-state index >= 15 is 0 Å². The van der Waals surface area contributed by atoms with E-state index in [0.717, 1.165) is 16.7 Å². The van der Waals surface area contributed by atoms with Gasteiger partial charge in [0.2, 0.25) is 5.91 Å². The van der Waals surface area contributed by atoms with Crippen molar-refractivity contribution in [3.63, 3.8) is 0 Å². The lowest BCUT2D eigenvalue weighted by Crippen LogP contribution is -2.54. The normalized spacial score (nSPS) is 20.6. The molecule has 3 aromatic rings. The molecule has 1 N–H and O–H groups in total. The molecule has 0 saturated carbocycles. The Hall–Kier alpha value is -4.00. The largest absolute Gasteiger partial charge is 0.342 e. The lowest BCUT2D eigenvalue weighted by molar-refractivity contribution is -0.136. The Kier molecular flexibility index (Phi) is 6.55. The Morgan fingerprint density at radius 1 is 0.944 bits per heavy atom. The monoisotopic (exact) mass is 482 g/mol. The van der Waals surface area contributed by atoms with Crippen LogP contribution in [0.4, 0.5) is 4.79 Å². The summed E-state index contributed by atoms with van der Waals surface area (Å²) in [4.78, 5) is 47.1. The molecule has 7 nitrogen and oxygen atoms in total. The molecule has 2 fully saturated rings. The van der Waals surface area contributed by atoms with Gasteiger partial charge in [0.1, 0.15) is 5.54 Å². The number of benzene rings is 2. The number of pyridine rings is 1. The first kappa shape index (κ1) is 23.7. The molecule has 2 saturated heterocycles. The minimum atomic E-state index is -0.975. The van der Waals surface area contributed by atoms with Crippen LogP contribution < -0.4 is 5.32 Å². The van der Waals surface area contributed by atoms with Crippen LogP contribution in [-0.2, 0) is 16.1 Å². The first-order chi connectivity index (χ1) is 17.5. The highest BCUT2D eigenvalue weighted by Crippen LogP contribution is 2.35. The highest BCUT2D eigenvalue weighted by atomic mass is 16.2. The summed E-state index contributed by atoms with van der Waals surface area (Å²) < 4.78 is 0. The highest BCUT2D eigenvalue weighted by molar-refractivity contribution is 6.07. The number of imide groups is 1. The van der Waals surface area contributed by atoms with Gasteiger partial charge in [0.15, 0.2) is 0 Å². The highest BCUT2D eigenvalue weighted by Gasteiger charge is 2.53. The van der Waals surface area contributed by atoms with Crippen molar-refractivity contribution in [2.75, 3.05) is 13.1 Å². The number of rotatable bonds is 6. The number of hydrogen-bond acceptors (Lipinski definition) is 4. The molecule has 36 heavy (non-hydrogen) atoms. The van der Waals surface area contributed by atoms with Gasteiger partial charge >= 0.3 is 6.03 Å². The second kappa shape index (κ2) is 9.93. The molecule has 7 heteroatoms. The topological polar surface area (TPSA) is 82.6 Å². The van der Waals surface area contributed by atoms with Gasteiger partial charge in [-0.05, 0) is 54.5 Å². The van der Waals surface area contributed by atoms with Gasteiger partial charge in [0.25, 0.3) is 5.91 Å². The van der Waals surface area contributed by atoms with Crippen molar-refractivity contribution >= 4 is 17.8 Å². The van der Waals surface area contributed by atoms with E-state index in [1.54, 1.807) is 24.5 Å². The Morgan fingerprint density at radius 2 is 1.50 bits per heavy atom. The predicted molar refractivity (Wildman–Crippen MR) is 136 cm³/mol. The maximum atomic E-state index is 13.8. The summed E-state index contributed by atoms with van der Waals surface area (Å²) in [6, 6.07) is 22.9. The second-order valence-electron chi connectivity index (χ2n) is 9.73. The summed E-state index contributed by atoms with van der Waals surface area (Å²) in [5.41, 5.74) is 1.81. The summed E-state index contributed by atoms with van der Waals surface area (Å²) in [7, 11) is 0. The third-order valence-corrected chi connectivity index (χ3v) is 7.53. The maximum Gasteiger partial charge on any atom is 0.325 e. The summed E-state index contributed by atoms with van der Waals surface area (Å²) in [6.07, 6.45) is 4.59. The average Bonchev–Trinajstić information content (AvgIpc) is 3.14. The Morgan fingerprint density at radius 3 is 2.06 bits per heavy atom. The van der Waals surface area contributed by atoms with Gasteiger partial charge in [0.05, 0.1) is 12.5 Å². The van der Waals surface area contributed by atoms with E-state index in [9.17, 15) is 14.4 Å². The average molecular weight is 483 g/mol. The van der Waals surface area contributed by atoms with E-state index in [0.29, 0.717) is 25.9 Å². The Balaban J connectivity index is 1.29. The van der Waals surface area contributed by atoms with Gasteiger partial charge < -0.3 is 10.2 Å². The number of amides is 4. The van der Waals surface area contributed by atoms with Crippen molar-refractivity contribution in [1.82, 2.24) is 20.1 Å². The third kappa shape index (κ3) is 4.49. The van der Waals surface area contributed by atoms with Gasteiger partial charge in [-0.25, -0.2) is 4.79 Å². The van der Waals surface area contributed by atoms with Crippen LogP contribution in [0.2, 0.25) is 0 Å². The SMILES string of the molecule is C[C@@]1(C2CCN(C(=O)C(c3ccccc3)c3ccccc3)CC2)NC(=O)N(Cc2ccncc2)C1=O. The van der Waals surface area contributed by atoms with E-state index in [4.69, 9.17) is 0 Å². The first-order valence-corrected chi connectivity index (χ1v) is 12.4. The van der Waals surface area contributed by atoms with Gasteiger partial charge in [-0.3, -0.25) is 19.5 Å². The number of aromatic nitrogens is 1. The second-order valence-corrected chi connectivity index (χ2v) is 9.73. The fraction of sp³-hybridized carbons (Fsp3) is 0.310. The molecule has 2 aliphatic heterocycles. The molecule has 1 atom stereocenters. The number of piperidine rings is 1. The van der Waals surface area contributed by atoms with E-state index in [-0.39, 0.29) is 36.2 Å². The van der Waals surface area contributed by atoms with Crippen molar-refractivity contribution in [1.29, 1.82) is 0 Å². The van der Waals surface area contributed by atoms with Crippen LogP contribution in [0.1, 0.15) is 42.4 Å². The Bertz CT molecular complexity index is 1190. The lowest BCUT2D eigenvalue weighted by atomic mass is 9.78. The number of hydrogen-bond donors (Lipinski definition) is 1. The number of nitrogens with one attached hydrogen (secondary N) is 1. The van der Waals surface area contributed by atoms with Crippen LogP contribution >= 0.6 is 0 Å². The molecule has 0 aliphatic carbocycles. The van der Waals surface area contributed by atoms with Crippen molar-refractivity contribution in [2.45, 2.75) is 37.8 Å². The molecule has 0 spiro atoms. The number of likely N-dealkylation sites (tertiary alicyclic amines) is 1. The fourth-order valence-electron chi connectivity index (χ4n) is 5.44. The summed E-state index contributed by atoms with van der Waals surface area (Å²) >= 11 is 0. The van der Waals surface area contributed by atoms with E-state index in [1.807, 2.05) is 72.5 Å². The smallest absolute Gasteiger partial charge is 0.325 e. The molecule has 4 amide bonds. The molecular weight excluding hydrogens is 452 g/mol. The summed E-state index contributed by atoms with van der Waals surface area (Å²) in [5, 5.41) is 2.96. The summed E-state index contributed by atoms with van der Waals surface area (Å²) in [6.45, 7) is 3.13. The van der Waals surface area contributed by atoms with Crippen LogP contribution in [0.3, 0.4) is 0 Å². The standard InChI is InChI=1S/C29H30N4O3/c1-29(27(35)33(28(36)31-29)20-21-12-16-30-17-13-21)24-14-18-32(19-15-24)26(34)25(22-8-4-2-5-9-22)23-10-6-3-7-11-23/h2-13,16-17,24-25H,14-15,18-20H2,1H3,(H,31,36)/t29-/m0/s1. The van der Waals surface area contributed by atoms with Gasteiger partial charge in [-0.15, -0.1) is 0 Å². The quantitative estimate of drug-likeness (QED) is 0.539. The molecule has 1 aromatic heterocycles. The zero-order chi connectivity index (χ0) is 25.1. The van der Waals surface area contributed by atoms with Gasteiger partial charge in [-0.2, -0.15) is 0 Å². The molecule has 5 rings (SSSR count). The van der Waals surface area contributed by atoms with Crippen LogP contribution in [0, 0.1) is 5.92 Å². The maximum absolute atomic E-state index is 13.8. The van der Waals surface area contributed by atoms with Crippen LogP contribution in [0.25, 0.3) is 0 Å². The van der Waals surface area contributed by atoms with Gasteiger partial charge in [-0.1, -0.05) is 60.7 Å². The third-order valence-electron chi connectivity index (χ3n) is 7.53. The number of carbonyl (C=O) groups excluding carboxylic acids is 3. The van der Waals surface area contributed by atoms with E-state index < -0.39 is 5.54 Å². The summed E-state index contributed by atoms with van der Waals surface area (Å²) in [5.74, 6) is -0.562. The number of carbonyl (C=O) groups is 3. The minimum Gasteiger partial charge on any atom is -0.342 e. The molecule has 3 heterocycles. The van der Waals surface area contributed by atoms with E-state index in [1.165, 1.54) is 4.90 Å². The minimum absolute atomic E-state index is 0.0488. The van der Waals surface area contributed by atoms with E-state index in [2.05, 4.69) is 10.3 Å². The molecule has 0 bridgehead atoms. The van der Waals surface area contributed by atoms with Crippen molar-refractivity contribution in [3.05, 3.63) is 102 Å². The van der Waals surface area contributed by atoms with Crippen molar-refractivity contribution < 1.29 is 14.4 Å². The van der Waals surface area contributed by atoms with Crippen molar-refractivity contribution in [2.24, 2.45) is 5.92 Å². The molecule has 0 radical (unpaired) electrons. The van der Waals surface area contributed by atoms with Crippen LogP contribution in [-0.4, -0.2) is 51.3 Å². The molecule has 0 unspecified atom stereocenters. The number of nitrogens with zero attached hydrogens (tertiary/aromatic N) is 3. The fourth-order valence-corrected chi connectivity index (χ4v) is 5.44. The predicted octanol–water partition coefficient (Wildman–Crippen LogP) is 3.96. The molecular formula is C29H30N4O3. The van der Waals surface area contributed by atoms with Gasteiger partial charge in [0, 0.05) is 25.5 Å². The first-order valence-electron chi connectivity index (χ1n) is 12.4. The van der Waals surface area contributed by atoms with Crippen LogP contribution in [0.15, 0.2) is 85.2 Å². The molecule has 2 aromatic carbocycles. The zero-order valence-corrected chi connectivity index (χ0v) is 20.3. The Labute approximate surface area is 211 Å². The molecule has 184 valence electrons. The lowest BCUT2D eigenvalue weighted by Gasteiger charge is -2.40. The zero-order valence-electron chi connectivity index (χ0n) is 20.3. The van der Waals surface area contributed by atoms with Crippen molar-refractivity contribution in [3.8, 4) is 0 Å².